The summed E-state index contributed by atoms with van der Waals surface area (Å²) in [4.78, 5) is 2.78. The molecule has 1 aromatic rings. The highest BCUT2D eigenvalue weighted by molar-refractivity contribution is 7.99. The third-order valence-corrected chi connectivity index (χ3v) is 5.64. The molecule has 1 aromatic carbocycles. The molecule has 0 bridgehead atoms. The molecule has 1 heterocycles. The van der Waals surface area contributed by atoms with Crippen molar-refractivity contribution in [2.75, 3.05) is 31.1 Å². The summed E-state index contributed by atoms with van der Waals surface area (Å²) in [6, 6.07) is 12.3. The molecule has 1 N–H and O–H groups in total. The molecule has 1 saturated carbocycles. The van der Waals surface area contributed by atoms with E-state index < -0.39 is 0 Å². The van der Waals surface area contributed by atoms with Gasteiger partial charge in [0.1, 0.15) is 0 Å². The zero-order valence-electron chi connectivity index (χ0n) is 13.1. The Morgan fingerprint density at radius 1 is 1.24 bits per heavy atom. The molecule has 2 aliphatic rings. The maximum atomic E-state index is 3.81. The van der Waals surface area contributed by atoms with E-state index in [1.807, 2.05) is 0 Å². The van der Waals surface area contributed by atoms with Crippen LogP contribution in [0.2, 0.25) is 0 Å². The van der Waals surface area contributed by atoms with Crippen molar-refractivity contribution in [2.24, 2.45) is 5.92 Å². The molecular weight excluding hydrogens is 276 g/mol. The van der Waals surface area contributed by atoms with Gasteiger partial charge in [-0.2, -0.15) is 11.8 Å². The fourth-order valence-corrected chi connectivity index (χ4v) is 4.12. The van der Waals surface area contributed by atoms with E-state index in [0.29, 0.717) is 6.04 Å². The molecular formula is C18H28N2S. The van der Waals surface area contributed by atoms with Crippen molar-refractivity contribution >= 4 is 11.8 Å². The molecule has 2 atom stereocenters. The van der Waals surface area contributed by atoms with Crippen LogP contribution in [0.25, 0.3) is 0 Å². The molecule has 0 spiro atoms. The number of thioether (sulfide) groups is 1. The van der Waals surface area contributed by atoms with Crippen LogP contribution in [-0.2, 0) is 6.42 Å². The minimum absolute atomic E-state index is 0.619. The van der Waals surface area contributed by atoms with Gasteiger partial charge in [0.2, 0.25) is 0 Å². The number of nitrogens with zero attached hydrogens (tertiary/aromatic N) is 1. The van der Waals surface area contributed by atoms with E-state index in [0.717, 1.165) is 18.4 Å². The van der Waals surface area contributed by atoms with Crippen LogP contribution in [0.4, 0.5) is 0 Å². The molecule has 0 aromatic heterocycles. The van der Waals surface area contributed by atoms with Crippen LogP contribution in [-0.4, -0.2) is 48.1 Å². The number of rotatable bonds is 7. The first-order chi connectivity index (χ1) is 10.4. The fraction of sp³-hybridized carbons (Fsp3) is 0.667. The van der Waals surface area contributed by atoms with Gasteiger partial charge in [0.05, 0.1) is 0 Å². The summed E-state index contributed by atoms with van der Waals surface area (Å²) in [5.74, 6) is 3.51. The van der Waals surface area contributed by atoms with Crippen LogP contribution in [0.5, 0.6) is 0 Å². The Morgan fingerprint density at radius 3 is 2.76 bits per heavy atom. The van der Waals surface area contributed by atoms with Crippen LogP contribution in [0, 0.1) is 5.92 Å². The lowest BCUT2D eigenvalue weighted by atomic mass is 10.00. The molecule has 21 heavy (non-hydrogen) atoms. The Labute approximate surface area is 133 Å². The predicted molar refractivity (Wildman–Crippen MR) is 93.0 cm³/mol. The average Bonchev–Trinajstić information content (AvgIpc) is 3.34. The monoisotopic (exact) mass is 304 g/mol. The minimum atomic E-state index is 0.619. The molecule has 0 radical (unpaired) electrons. The second-order valence-electron chi connectivity index (χ2n) is 6.39. The molecule has 2 fully saturated rings. The Balaban J connectivity index is 1.55. The van der Waals surface area contributed by atoms with Crippen molar-refractivity contribution in [1.29, 1.82) is 0 Å². The number of hydrogen-bond donors (Lipinski definition) is 1. The summed E-state index contributed by atoms with van der Waals surface area (Å²) in [6.45, 7) is 5.95. The van der Waals surface area contributed by atoms with Crippen LogP contribution < -0.4 is 5.32 Å². The van der Waals surface area contributed by atoms with Gasteiger partial charge >= 0.3 is 0 Å². The van der Waals surface area contributed by atoms with Crippen LogP contribution in [0.3, 0.4) is 0 Å². The molecule has 116 valence electrons. The van der Waals surface area contributed by atoms with Crippen LogP contribution in [0.15, 0.2) is 30.3 Å². The van der Waals surface area contributed by atoms with Gasteiger partial charge in [0.25, 0.3) is 0 Å². The Hall–Kier alpha value is -0.510. The Kier molecular flexibility index (Phi) is 5.61. The zero-order valence-corrected chi connectivity index (χ0v) is 13.9. The average molecular weight is 305 g/mol. The molecule has 3 rings (SSSR count). The van der Waals surface area contributed by atoms with E-state index >= 15 is 0 Å². The van der Waals surface area contributed by atoms with E-state index in [4.69, 9.17) is 0 Å². The number of benzene rings is 1. The fourth-order valence-electron chi connectivity index (χ4n) is 3.46. The van der Waals surface area contributed by atoms with Gasteiger partial charge in [-0.05, 0) is 36.5 Å². The lowest BCUT2D eigenvalue weighted by Gasteiger charge is -2.41. The van der Waals surface area contributed by atoms with E-state index in [1.165, 1.54) is 49.5 Å². The largest absolute Gasteiger partial charge is 0.311 e. The molecule has 2 nitrogen and oxygen atoms in total. The summed E-state index contributed by atoms with van der Waals surface area (Å²) in [5.41, 5.74) is 1.46. The van der Waals surface area contributed by atoms with E-state index in [-0.39, 0.29) is 0 Å². The van der Waals surface area contributed by atoms with E-state index in [9.17, 15) is 0 Å². The molecule has 2 unspecified atom stereocenters. The van der Waals surface area contributed by atoms with Crippen molar-refractivity contribution in [3.63, 3.8) is 0 Å². The van der Waals surface area contributed by atoms with Crippen LogP contribution >= 0.6 is 11.8 Å². The number of nitrogens with one attached hydrogen (secondary N) is 1. The Morgan fingerprint density at radius 2 is 2.05 bits per heavy atom. The summed E-state index contributed by atoms with van der Waals surface area (Å²) in [6.07, 6.45) is 4.07. The molecule has 0 amide bonds. The van der Waals surface area contributed by atoms with Crippen molar-refractivity contribution in [2.45, 2.75) is 38.3 Å². The van der Waals surface area contributed by atoms with E-state index in [1.54, 1.807) is 0 Å². The third-order valence-electron chi connectivity index (χ3n) is 4.76. The van der Waals surface area contributed by atoms with Gasteiger partial charge in [-0.1, -0.05) is 37.3 Å². The van der Waals surface area contributed by atoms with Gasteiger partial charge in [-0.15, -0.1) is 0 Å². The van der Waals surface area contributed by atoms with Crippen molar-refractivity contribution in [1.82, 2.24) is 10.2 Å². The molecule has 1 aliphatic carbocycles. The maximum absolute atomic E-state index is 3.81. The normalized spacial score (nSPS) is 26.9. The summed E-state index contributed by atoms with van der Waals surface area (Å²) >= 11 is 2.08. The highest BCUT2D eigenvalue weighted by atomic mass is 32.2. The summed E-state index contributed by atoms with van der Waals surface area (Å²) in [5, 5.41) is 3.81. The predicted octanol–water partition coefficient (Wildman–Crippen LogP) is 3.03. The highest BCUT2D eigenvalue weighted by Crippen LogP contribution is 2.36. The van der Waals surface area contributed by atoms with Crippen molar-refractivity contribution in [3.8, 4) is 0 Å². The first-order valence-electron chi connectivity index (χ1n) is 8.46. The Bertz CT molecular complexity index is 418. The van der Waals surface area contributed by atoms with Gasteiger partial charge < -0.3 is 5.32 Å². The van der Waals surface area contributed by atoms with Gasteiger partial charge in [0, 0.05) is 37.5 Å². The second-order valence-corrected chi connectivity index (χ2v) is 7.79. The zero-order chi connectivity index (χ0) is 14.5. The number of piperazine rings is 1. The summed E-state index contributed by atoms with van der Waals surface area (Å²) < 4.78 is 0. The van der Waals surface area contributed by atoms with Crippen LogP contribution in [0.1, 0.15) is 25.3 Å². The van der Waals surface area contributed by atoms with Gasteiger partial charge in [0.15, 0.2) is 0 Å². The minimum Gasteiger partial charge on any atom is -0.311 e. The molecule has 3 heteroatoms. The maximum Gasteiger partial charge on any atom is 0.0249 e. The second kappa shape index (κ2) is 7.66. The van der Waals surface area contributed by atoms with Gasteiger partial charge in [-0.3, -0.25) is 4.90 Å². The standard InChI is InChI=1S/C18H28N2S/c1-2-21-11-10-20-14-17(12-15-6-4-3-5-7-15)19-13-18(20)16-8-9-16/h3-7,16-19H,2,8-14H2,1H3. The van der Waals surface area contributed by atoms with Crippen molar-refractivity contribution in [3.05, 3.63) is 35.9 Å². The van der Waals surface area contributed by atoms with Crippen molar-refractivity contribution < 1.29 is 0 Å². The SMILES string of the molecule is CCSCCN1CC(Cc2ccccc2)NCC1C1CC1. The lowest BCUT2D eigenvalue weighted by Crippen LogP contribution is -2.58. The smallest absolute Gasteiger partial charge is 0.0249 e. The topological polar surface area (TPSA) is 15.3 Å². The number of hydrogen-bond acceptors (Lipinski definition) is 3. The molecule has 1 aliphatic heterocycles. The molecule has 1 saturated heterocycles. The first kappa shape index (κ1) is 15.4. The highest BCUT2D eigenvalue weighted by Gasteiger charge is 2.38. The first-order valence-corrected chi connectivity index (χ1v) is 9.61. The lowest BCUT2D eigenvalue weighted by molar-refractivity contribution is 0.122. The van der Waals surface area contributed by atoms with Gasteiger partial charge in [-0.25, -0.2) is 0 Å². The third kappa shape index (κ3) is 4.48. The quantitative estimate of drug-likeness (QED) is 0.780. The van der Waals surface area contributed by atoms with E-state index in [2.05, 4.69) is 59.2 Å². The summed E-state index contributed by atoms with van der Waals surface area (Å²) in [7, 11) is 0.